The number of hydrogen-bond donors (Lipinski definition) is 1. The molecule has 1 amide bonds. The third kappa shape index (κ3) is 5.74. The third-order valence-corrected chi connectivity index (χ3v) is 3.67. The van der Waals surface area contributed by atoms with E-state index in [4.69, 9.17) is 9.47 Å². The normalized spacial score (nSPS) is 10.1. The second-order valence-corrected chi connectivity index (χ2v) is 6.40. The predicted octanol–water partition coefficient (Wildman–Crippen LogP) is 4.73. The zero-order valence-corrected chi connectivity index (χ0v) is 15.4. The number of hydrogen-bond acceptors (Lipinski definition) is 3. The lowest BCUT2D eigenvalue weighted by Gasteiger charge is -2.11. The molecular weight excluding hydrogens is 370 g/mol. The third-order valence-electron chi connectivity index (χ3n) is 3.05. The molecule has 0 aromatic heterocycles. The molecule has 0 aliphatic rings. The van der Waals surface area contributed by atoms with Gasteiger partial charge in [0.25, 0.3) is 5.91 Å². The van der Waals surface area contributed by atoms with E-state index in [0.29, 0.717) is 23.8 Å². The monoisotopic (exact) mass is 389 g/mol. The van der Waals surface area contributed by atoms with Gasteiger partial charge >= 0.3 is 0 Å². The Balaban J connectivity index is 1.90. The number of carbonyl (C=O) groups excluding carboxylic acids is 1. The number of carbonyl (C=O) groups is 1. The van der Waals surface area contributed by atoms with Crippen LogP contribution in [0, 0.1) is 6.92 Å². The van der Waals surface area contributed by atoms with Gasteiger partial charge in [-0.05, 0) is 65.2 Å². The van der Waals surface area contributed by atoms with Crippen molar-refractivity contribution >= 4 is 27.5 Å². The van der Waals surface area contributed by atoms with Gasteiger partial charge in [0.15, 0.2) is 6.61 Å². The average molecular weight is 390 g/mol. The van der Waals surface area contributed by atoms with Crippen LogP contribution in [-0.2, 0) is 4.79 Å². The van der Waals surface area contributed by atoms with E-state index in [1.54, 1.807) is 12.1 Å². The lowest BCUT2D eigenvalue weighted by Crippen LogP contribution is -2.20. The summed E-state index contributed by atoms with van der Waals surface area (Å²) < 4.78 is 11.9. The molecule has 24 heavy (non-hydrogen) atoms. The maximum absolute atomic E-state index is 12.0. The van der Waals surface area contributed by atoms with Crippen LogP contribution >= 0.6 is 15.9 Å². The Hall–Kier alpha value is -2.27. The first-order chi connectivity index (χ1) is 11.4. The van der Waals surface area contributed by atoms with Crippen LogP contribution in [0.5, 0.6) is 11.5 Å². The molecule has 5 heteroatoms. The molecule has 0 saturated carbocycles. The van der Waals surface area contributed by atoms with Gasteiger partial charge in [0, 0.05) is 11.8 Å². The number of amides is 1. The zero-order chi connectivity index (χ0) is 17.5. The summed E-state index contributed by atoms with van der Waals surface area (Å²) in [5.41, 5.74) is 2.71. The number of aryl methyl sites for hydroxylation is 1. The summed E-state index contributed by atoms with van der Waals surface area (Å²) >= 11 is 3.42. The van der Waals surface area contributed by atoms with Crippen molar-refractivity contribution in [3.8, 4) is 11.5 Å². The van der Waals surface area contributed by atoms with Crippen molar-refractivity contribution < 1.29 is 14.3 Å². The van der Waals surface area contributed by atoms with Crippen LogP contribution in [0.15, 0.2) is 59.1 Å². The fraction of sp³-hybridized carbons (Fsp3) is 0.211. The summed E-state index contributed by atoms with van der Waals surface area (Å²) in [6.45, 7) is 8.05. The van der Waals surface area contributed by atoms with Gasteiger partial charge in [0.2, 0.25) is 0 Å². The van der Waals surface area contributed by atoms with Crippen LogP contribution < -0.4 is 14.8 Å². The first-order valence-electron chi connectivity index (χ1n) is 7.50. The summed E-state index contributed by atoms with van der Waals surface area (Å²) in [4.78, 5) is 12.0. The Labute approximate surface area is 150 Å². The van der Waals surface area contributed by atoms with Gasteiger partial charge in [0.05, 0.1) is 4.47 Å². The van der Waals surface area contributed by atoms with E-state index in [-0.39, 0.29) is 12.5 Å². The highest BCUT2D eigenvalue weighted by molar-refractivity contribution is 9.10. The molecule has 0 fully saturated rings. The molecule has 0 aliphatic carbocycles. The van der Waals surface area contributed by atoms with Gasteiger partial charge in [-0.25, -0.2) is 0 Å². The molecule has 0 heterocycles. The Morgan fingerprint density at radius 2 is 1.96 bits per heavy atom. The molecule has 4 nitrogen and oxygen atoms in total. The molecule has 0 aliphatic heterocycles. The van der Waals surface area contributed by atoms with Gasteiger partial charge in [-0.2, -0.15) is 0 Å². The van der Waals surface area contributed by atoms with E-state index < -0.39 is 0 Å². The summed E-state index contributed by atoms with van der Waals surface area (Å²) in [5, 5.41) is 2.79. The molecule has 0 unspecified atom stereocenters. The number of ether oxygens (including phenoxy) is 2. The average Bonchev–Trinajstić information content (AvgIpc) is 2.52. The van der Waals surface area contributed by atoms with Gasteiger partial charge < -0.3 is 14.8 Å². The molecule has 1 N–H and O–H groups in total. The minimum Gasteiger partial charge on any atom is -0.489 e. The molecule has 0 saturated heterocycles. The SMILES string of the molecule is C=C(C)COc1cccc(NC(=O)COc2ccc(C)cc2Br)c1. The van der Waals surface area contributed by atoms with E-state index in [2.05, 4.69) is 27.8 Å². The summed E-state index contributed by atoms with van der Waals surface area (Å²) in [6.07, 6.45) is 0. The predicted molar refractivity (Wildman–Crippen MR) is 99.8 cm³/mol. The standard InChI is InChI=1S/C19H20BrNO3/c1-13(2)11-23-16-6-4-5-15(10-16)21-19(22)12-24-18-8-7-14(3)9-17(18)20/h4-10H,1,11-12H2,2-3H3,(H,21,22). The molecule has 0 radical (unpaired) electrons. The minimum atomic E-state index is -0.237. The zero-order valence-electron chi connectivity index (χ0n) is 13.8. The fourth-order valence-corrected chi connectivity index (χ4v) is 2.54. The minimum absolute atomic E-state index is 0.0709. The highest BCUT2D eigenvalue weighted by atomic mass is 79.9. The second kappa shape index (κ2) is 8.55. The highest BCUT2D eigenvalue weighted by Crippen LogP contribution is 2.25. The van der Waals surface area contributed by atoms with E-state index in [1.165, 1.54) is 0 Å². The first-order valence-corrected chi connectivity index (χ1v) is 8.29. The van der Waals surface area contributed by atoms with Crippen molar-refractivity contribution in [3.63, 3.8) is 0 Å². The van der Waals surface area contributed by atoms with Gasteiger partial charge in [-0.1, -0.05) is 18.7 Å². The van der Waals surface area contributed by atoms with Crippen LogP contribution in [0.3, 0.4) is 0 Å². The Bertz CT molecular complexity index is 743. The maximum atomic E-state index is 12.0. The molecule has 0 spiro atoms. The number of halogens is 1. The van der Waals surface area contributed by atoms with Gasteiger partial charge in [-0.3, -0.25) is 4.79 Å². The summed E-state index contributed by atoms with van der Waals surface area (Å²) in [5.74, 6) is 1.08. The smallest absolute Gasteiger partial charge is 0.262 e. The molecule has 0 atom stereocenters. The molecule has 0 bridgehead atoms. The van der Waals surface area contributed by atoms with Crippen molar-refractivity contribution in [3.05, 3.63) is 64.7 Å². The second-order valence-electron chi connectivity index (χ2n) is 5.54. The molecule has 2 rings (SSSR count). The van der Waals surface area contributed by atoms with Crippen LogP contribution in [0.25, 0.3) is 0 Å². The van der Waals surface area contributed by atoms with Crippen molar-refractivity contribution in [2.75, 3.05) is 18.5 Å². The van der Waals surface area contributed by atoms with E-state index in [0.717, 1.165) is 15.6 Å². The largest absolute Gasteiger partial charge is 0.489 e. The van der Waals surface area contributed by atoms with Crippen LogP contribution in [0.4, 0.5) is 5.69 Å². The topological polar surface area (TPSA) is 47.6 Å². The lowest BCUT2D eigenvalue weighted by atomic mass is 10.2. The molecular formula is C19H20BrNO3. The Kier molecular flexibility index (Phi) is 6.44. The Morgan fingerprint density at radius 1 is 1.17 bits per heavy atom. The number of benzene rings is 2. The van der Waals surface area contributed by atoms with Gasteiger partial charge in [0.1, 0.15) is 18.1 Å². The number of nitrogens with one attached hydrogen (secondary N) is 1. The molecule has 2 aromatic carbocycles. The van der Waals surface area contributed by atoms with Crippen LogP contribution in [-0.4, -0.2) is 19.1 Å². The van der Waals surface area contributed by atoms with Gasteiger partial charge in [-0.15, -0.1) is 0 Å². The lowest BCUT2D eigenvalue weighted by molar-refractivity contribution is -0.118. The van der Waals surface area contributed by atoms with Crippen molar-refractivity contribution in [2.45, 2.75) is 13.8 Å². The quantitative estimate of drug-likeness (QED) is 0.696. The number of anilines is 1. The van der Waals surface area contributed by atoms with E-state index in [9.17, 15) is 4.79 Å². The first kappa shape index (κ1) is 18.1. The summed E-state index contributed by atoms with van der Waals surface area (Å²) in [7, 11) is 0. The van der Waals surface area contributed by atoms with Crippen LogP contribution in [0.2, 0.25) is 0 Å². The Morgan fingerprint density at radius 3 is 2.67 bits per heavy atom. The fourth-order valence-electron chi connectivity index (χ4n) is 1.93. The van der Waals surface area contributed by atoms with E-state index in [1.807, 2.05) is 44.2 Å². The highest BCUT2D eigenvalue weighted by Gasteiger charge is 2.07. The van der Waals surface area contributed by atoms with Crippen LogP contribution in [0.1, 0.15) is 12.5 Å². The summed E-state index contributed by atoms with van der Waals surface area (Å²) in [6, 6.07) is 12.9. The van der Waals surface area contributed by atoms with E-state index >= 15 is 0 Å². The molecule has 126 valence electrons. The van der Waals surface area contributed by atoms with Crippen molar-refractivity contribution in [1.29, 1.82) is 0 Å². The van der Waals surface area contributed by atoms with Crippen molar-refractivity contribution in [1.82, 2.24) is 0 Å². The molecule has 2 aromatic rings. The van der Waals surface area contributed by atoms with Crippen molar-refractivity contribution in [2.24, 2.45) is 0 Å². The number of rotatable bonds is 7. The maximum Gasteiger partial charge on any atom is 0.262 e.